The smallest absolute Gasteiger partial charge is 0.226 e. The van der Waals surface area contributed by atoms with E-state index in [-0.39, 0.29) is 17.9 Å². The van der Waals surface area contributed by atoms with Gasteiger partial charge in [0.05, 0.1) is 11.8 Å². The third-order valence-corrected chi connectivity index (χ3v) is 5.38. The molecule has 1 aromatic carbocycles. The number of aromatic nitrogens is 6. The number of ether oxygens (including phenoxy) is 1. The van der Waals surface area contributed by atoms with E-state index in [1.807, 2.05) is 64.1 Å². The minimum atomic E-state index is -0.159. The SMILES string of the molecule is Cc1nn(-c2ccc3nnc(C)n3n2)c2c1[C@@H](c1ccccc1OC(C)C)CC(=O)N2. The zero-order valence-corrected chi connectivity index (χ0v) is 17.8. The van der Waals surface area contributed by atoms with Crippen LogP contribution in [0.3, 0.4) is 0 Å². The van der Waals surface area contributed by atoms with Crippen LogP contribution >= 0.6 is 0 Å². The van der Waals surface area contributed by atoms with Crippen LogP contribution in [-0.4, -0.2) is 41.6 Å². The molecule has 0 saturated carbocycles. The van der Waals surface area contributed by atoms with Gasteiger partial charge in [-0.2, -0.15) is 14.3 Å². The van der Waals surface area contributed by atoms with E-state index in [1.165, 1.54) is 0 Å². The molecule has 4 aromatic rings. The largest absolute Gasteiger partial charge is 0.491 e. The van der Waals surface area contributed by atoms with Crippen molar-refractivity contribution in [2.45, 2.75) is 46.1 Å². The van der Waals surface area contributed by atoms with E-state index in [9.17, 15) is 4.79 Å². The number of anilines is 1. The fourth-order valence-corrected chi connectivity index (χ4v) is 4.11. The molecule has 9 heteroatoms. The Hall–Kier alpha value is -3.75. The fourth-order valence-electron chi connectivity index (χ4n) is 4.11. The Bertz CT molecular complexity index is 1300. The molecule has 9 nitrogen and oxygen atoms in total. The van der Waals surface area contributed by atoms with Gasteiger partial charge in [0, 0.05) is 23.5 Å². The predicted molar refractivity (Wildman–Crippen MR) is 115 cm³/mol. The summed E-state index contributed by atoms with van der Waals surface area (Å²) < 4.78 is 9.38. The monoisotopic (exact) mass is 417 g/mol. The van der Waals surface area contributed by atoms with Gasteiger partial charge in [-0.05, 0) is 45.9 Å². The first-order valence-corrected chi connectivity index (χ1v) is 10.3. The second kappa shape index (κ2) is 7.19. The highest BCUT2D eigenvalue weighted by Gasteiger charge is 2.34. The summed E-state index contributed by atoms with van der Waals surface area (Å²) in [5, 5.41) is 20.5. The molecule has 3 aromatic heterocycles. The van der Waals surface area contributed by atoms with Gasteiger partial charge in [0.1, 0.15) is 11.6 Å². The van der Waals surface area contributed by atoms with E-state index >= 15 is 0 Å². The van der Waals surface area contributed by atoms with Crippen molar-refractivity contribution in [1.29, 1.82) is 0 Å². The normalized spacial score (nSPS) is 15.9. The Labute approximate surface area is 179 Å². The molecule has 1 atom stereocenters. The molecule has 0 saturated heterocycles. The van der Waals surface area contributed by atoms with Gasteiger partial charge in [0.15, 0.2) is 17.3 Å². The highest BCUT2D eigenvalue weighted by Crippen LogP contribution is 2.43. The average molecular weight is 417 g/mol. The molecule has 1 amide bonds. The first-order chi connectivity index (χ1) is 14.9. The van der Waals surface area contributed by atoms with Crippen molar-refractivity contribution in [2.24, 2.45) is 0 Å². The first kappa shape index (κ1) is 19.2. The van der Waals surface area contributed by atoms with E-state index in [0.29, 0.717) is 29.5 Å². The summed E-state index contributed by atoms with van der Waals surface area (Å²) >= 11 is 0. The van der Waals surface area contributed by atoms with Gasteiger partial charge < -0.3 is 10.1 Å². The highest BCUT2D eigenvalue weighted by molar-refractivity contribution is 5.95. The number of para-hydroxylation sites is 1. The van der Waals surface area contributed by atoms with Crippen LogP contribution in [0.1, 0.15) is 48.8 Å². The molecule has 31 heavy (non-hydrogen) atoms. The third kappa shape index (κ3) is 3.22. The van der Waals surface area contributed by atoms with Crippen molar-refractivity contribution in [2.75, 3.05) is 5.32 Å². The molecule has 0 aliphatic carbocycles. The number of nitrogens with zero attached hydrogens (tertiary/aromatic N) is 6. The van der Waals surface area contributed by atoms with Gasteiger partial charge in [-0.3, -0.25) is 4.79 Å². The van der Waals surface area contributed by atoms with Crippen LogP contribution < -0.4 is 10.1 Å². The standard InChI is InChI=1S/C22H23N7O2/c1-12(2)31-17-8-6-5-7-15(17)16-11-20(30)23-22-21(16)13(3)26-29(22)19-10-9-18-25-24-14(4)28(18)27-19/h5-10,12,16H,11H2,1-4H3,(H,23,30)/t16-/m1/s1. The lowest BCUT2D eigenvalue weighted by molar-refractivity contribution is -0.116. The van der Waals surface area contributed by atoms with Gasteiger partial charge in [-0.15, -0.1) is 15.3 Å². The lowest BCUT2D eigenvalue weighted by atomic mass is 9.85. The summed E-state index contributed by atoms with van der Waals surface area (Å²) in [7, 11) is 0. The number of nitrogens with one attached hydrogen (secondary N) is 1. The van der Waals surface area contributed by atoms with Crippen LogP contribution in [-0.2, 0) is 4.79 Å². The number of aryl methyl sites for hydroxylation is 2. The molecule has 0 radical (unpaired) electrons. The lowest BCUT2D eigenvalue weighted by Gasteiger charge is -2.26. The second-order valence-corrected chi connectivity index (χ2v) is 7.98. The number of fused-ring (bicyclic) bond motifs is 2. The van der Waals surface area contributed by atoms with Crippen molar-refractivity contribution in [3.8, 4) is 11.6 Å². The van der Waals surface area contributed by atoms with E-state index in [2.05, 4.69) is 20.6 Å². The summed E-state index contributed by atoms with van der Waals surface area (Å²) in [5.74, 6) is 2.45. The van der Waals surface area contributed by atoms with Crippen LogP contribution in [0.5, 0.6) is 5.75 Å². The summed E-state index contributed by atoms with van der Waals surface area (Å²) in [4.78, 5) is 12.7. The van der Waals surface area contributed by atoms with Crippen molar-refractivity contribution in [3.05, 3.63) is 59.0 Å². The molecule has 0 spiro atoms. The predicted octanol–water partition coefficient (Wildman–Crippen LogP) is 3.19. The lowest BCUT2D eigenvalue weighted by Crippen LogP contribution is -2.25. The average Bonchev–Trinajstić information content (AvgIpc) is 3.27. The van der Waals surface area contributed by atoms with Gasteiger partial charge in [-0.1, -0.05) is 18.2 Å². The molecule has 5 rings (SSSR count). The van der Waals surface area contributed by atoms with Crippen molar-refractivity contribution < 1.29 is 9.53 Å². The summed E-state index contributed by atoms with van der Waals surface area (Å²) in [6.45, 7) is 7.78. The zero-order chi connectivity index (χ0) is 21.7. The number of carbonyl (C=O) groups is 1. The quantitative estimate of drug-likeness (QED) is 0.547. The topological polar surface area (TPSA) is 99.2 Å². The maximum atomic E-state index is 12.7. The molecular formula is C22H23N7O2. The maximum absolute atomic E-state index is 12.7. The van der Waals surface area contributed by atoms with Gasteiger partial charge in [-0.25, -0.2) is 0 Å². The molecule has 1 aliphatic rings. The van der Waals surface area contributed by atoms with Crippen LogP contribution in [0.15, 0.2) is 36.4 Å². The van der Waals surface area contributed by atoms with E-state index in [4.69, 9.17) is 9.84 Å². The van der Waals surface area contributed by atoms with E-state index in [1.54, 1.807) is 9.20 Å². The minimum absolute atomic E-state index is 0.0322. The molecule has 0 fully saturated rings. The van der Waals surface area contributed by atoms with Gasteiger partial charge in [0.25, 0.3) is 0 Å². The zero-order valence-electron chi connectivity index (χ0n) is 17.8. The maximum Gasteiger partial charge on any atom is 0.226 e. The van der Waals surface area contributed by atoms with Crippen LogP contribution in [0.2, 0.25) is 0 Å². The van der Waals surface area contributed by atoms with E-state index in [0.717, 1.165) is 22.6 Å². The van der Waals surface area contributed by atoms with Crippen molar-refractivity contribution >= 4 is 17.4 Å². The first-order valence-electron chi connectivity index (χ1n) is 10.3. The third-order valence-electron chi connectivity index (χ3n) is 5.38. The number of rotatable bonds is 4. The molecule has 0 bridgehead atoms. The van der Waals surface area contributed by atoms with Crippen LogP contribution in [0, 0.1) is 13.8 Å². The Morgan fingerprint density at radius 3 is 2.71 bits per heavy atom. The number of hydrogen-bond donors (Lipinski definition) is 1. The number of hydrogen-bond acceptors (Lipinski definition) is 6. The van der Waals surface area contributed by atoms with Crippen LogP contribution in [0.4, 0.5) is 5.82 Å². The Balaban J connectivity index is 1.66. The molecule has 1 aliphatic heterocycles. The molecular weight excluding hydrogens is 394 g/mol. The number of carbonyl (C=O) groups excluding carboxylic acids is 1. The summed E-state index contributed by atoms with van der Waals surface area (Å²) in [5.41, 5.74) is 3.44. The molecule has 158 valence electrons. The molecule has 1 N–H and O–H groups in total. The summed E-state index contributed by atoms with van der Waals surface area (Å²) in [6.07, 6.45) is 0.361. The second-order valence-electron chi connectivity index (χ2n) is 7.98. The van der Waals surface area contributed by atoms with Crippen molar-refractivity contribution in [3.63, 3.8) is 0 Å². The van der Waals surface area contributed by atoms with E-state index < -0.39 is 0 Å². The number of amides is 1. The fraction of sp³-hybridized carbons (Fsp3) is 0.318. The Morgan fingerprint density at radius 1 is 1.10 bits per heavy atom. The van der Waals surface area contributed by atoms with Crippen LogP contribution in [0.25, 0.3) is 11.5 Å². The molecule has 0 unspecified atom stereocenters. The van der Waals surface area contributed by atoms with Crippen molar-refractivity contribution in [1.82, 2.24) is 29.6 Å². The Kier molecular flexibility index (Phi) is 4.46. The highest BCUT2D eigenvalue weighted by atomic mass is 16.5. The minimum Gasteiger partial charge on any atom is -0.491 e. The Morgan fingerprint density at radius 2 is 1.90 bits per heavy atom. The van der Waals surface area contributed by atoms with Gasteiger partial charge >= 0.3 is 0 Å². The molecule has 4 heterocycles. The van der Waals surface area contributed by atoms with Gasteiger partial charge in [0.2, 0.25) is 5.91 Å². The number of benzene rings is 1. The summed E-state index contributed by atoms with van der Waals surface area (Å²) in [6, 6.07) is 11.5.